The summed E-state index contributed by atoms with van der Waals surface area (Å²) in [4.78, 5) is 8.59. The Labute approximate surface area is 53.3 Å². The van der Waals surface area contributed by atoms with Crippen molar-refractivity contribution in [1.82, 2.24) is 0 Å². The van der Waals surface area contributed by atoms with E-state index >= 15 is 0 Å². The van der Waals surface area contributed by atoms with E-state index in [-0.39, 0.29) is 13.2 Å². The van der Waals surface area contributed by atoms with Crippen LogP contribution in [0, 0.1) is 0 Å². The molecule has 0 atom stereocenters. The van der Waals surface area contributed by atoms with Crippen molar-refractivity contribution in [2.75, 3.05) is 13.2 Å². The van der Waals surface area contributed by atoms with Gasteiger partial charge in [0.2, 0.25) is 0 Å². The lowest BCUT2D eigenvalue weighted by molar-refractivity contribution is -0.294. The van der Waals surface area contributed by atoms with Crippen LogP contribution < -0.4 is 0 Å². The minimum Gasteiger partial charge on any atom is -0.393 e. The van der Waals surface area contributed by atoms with E-state index in [1.54, 1.807) is 0 Å². The Balaban J connectivity index is 3.19. The smallest absolute Gasteiger partial charge is 0.150 e. The predicted octanol–water partition coefficient (Wildman–Crippen LogP) is -0.569. The average Bonchev–Trinajstić information content (AvgIpc) is 1.91. The Hall–Kier alpha value is -0.580. The zero-order valence-corrected chi connectivity index (χ0v) is 4.99. The van der Waals surface area contributed by atoms with Crippen molar-refractivity contribution < 1.29 is 20.0 Å². The normalized spacial score (nSPS) is 9.67. The minimum absolute atomic E-state index is 0.273. The van der Waals surface area contributed by atoms with Crippen LogP contribution in [0.2, 0.25) is 0 Å². The third-order valence-corrected chi connectivity index (χ3v) is 0.667. The van der Waals surface area contributed by atoms with Crippen LogP contribution in [0.4, 0.5) is 0 Å². The number of aliphatic hydroxyl groups excluding tert-OH is 2. The van der Waals surface area contributed by atoms with E-state index in [1.165, 1.54) is 0 Å². The molecule has 0 saturated heterocycles. The van der Waals surface area contributed by atoms with Gasteiger partial charge in [-0.25, -0.2) is 0 Å². The van der Waals surface area contributed by atoms with E-state index in [1.807, 2.05) is 0 Å². The second kappa shape index (κ2) is 5.55. The first-order chi connectivity index (χ1) is 4.35. The van der Waals surface area contributed by atoms with Gasteiger partial charge in [-0.05, 0) is 0 Å². The summed E-state index contributed by atoms with van der Waals surface area (Å²) in [6, 6.07) is 0. The van der Waals surface area contributed by atoms with Crippen LogP contribution in [0.5, 0.6) is 0 Å². The quantitative estimate of drug-likeness (QED) is 0.300. The van der Waals surface area contributed by atoms with Crippen LogP contribution in [0.25, 0.3) is 0 Å². The summed E-state index contributed by atoms with van der Waals surface area (Å²) < 4.78 is 0. The molecular formula is C5H10O4. The maximum absolute atomic E-state index is 8.35. The molecule has 0 saturated carbocycles. The molecule has 0 radical (unpaired) electrons. The zero-order chi connectivity index (χ0) is 7.11. The van der Waals surface area contributed by atoms with Gasteiger partial charge in [-0.1, -0.05) is 6.58 Å². The number of aliphatic hydroxyl groups is 2. The van der Waals surface area contributed by atoms with Gasteiger partial charge in [-0.2, -0.15) is 4.89 Å². The summed E-state index contributed by atoms with van der Waals surface area (Å²) in [6.45, 7) is 2.64. The summed E-state index contributed by atoms with van der Waals surface area (Å²) >= 11 is 0. The van der Waals surface area contributed by atoms with E-state index in [9.17, 15) is 0 Å². The highest BCUT2D eigenvalue weighted by atomic mass is 17.2. The second-order valence-corrected chi connectivity index (χ2v) is 1.35. The number of hydrogen-bond donors (Lipinski definition) is 2. The molecule has 4 nitrogen and oxygen atoms in total. The Morgan fingerprint density at radius 1 is 1.44 bits per heavy atom. The molecule has 0 aliphatic rings. The van der Waals surface area contributed by atoms with E-state index < -0.39 is 6.10 Å². The first-order valence-corrected chi connectivity index (χ1v) is 2.50. The predicted molar refractivity (Wildman–Crippen MR) is 30.3 cm³/mol. The summed E-state index contributed by atoms with van der Waals surface area (Å²) in [5.41, 5.74) is 0. The molecule has 0 aromatic rings. The third kappa shape index (κ3) is 3.96. The zero-order valence-electron chi connectivity index (χ0n) is 4.99. The van der Waals surface area contributed by atoms with Crippen LogP contribution in [0.3, 0.4) is 0 Å². The molecule has 54 valence electrons. The summed E-state index contributed by atoms with van der Waals surface area (Å²) in [5.74, 6) is 0. The number of rotatable bonds is 5. The van der Waals surface area contributed by atoms with Crippen molar-refractivity contribution in [3.05, 3.63) is 12.8 Å². The fourth-order valence-corrected chi connectivity index (χ4v) is 0.236. The highest BCUT2D eigenvalue weighted by Crippen LogP contribution is 1.89. The molecule has 0 aromatic heterocycles. The van der Waals surface area contributed by atoms with Gasteiger partial charge in [0.1, 0.15) is 6.26 Å². The first-order valence-electron chi connectivity index (χ1n) is 2.50. The molecule has 0 aromatic carbocycles. The van der Waals surface area contributed by atoms with Crippen molar-refractivity contribution in [1.29, 1.82) is 0 Å². The number of hydrogen-bond acceptors (Lipinski definition) is 4. The van der Waals surface area contributed by atoms with Gasteiger partial charge in [0.15, 0.2) is 6.10 Å². The highest BCUT2D eigenvalue weighted by Gasteiger charge is 2.04. The van der Waals surface area contributed by atoms with Gasteiger partial charge in [0.25, 0.3) is 0 Å². The molecule has 0 heterocycles. The van der Waals surface area contributed by atoms with Crippen LogP contribution >= 0.6 is 0 Å². The molecule has 0 aliphatic heterocycles. The molecule has 0 fully saturated rings. The van der Waals surface area contributed by atoms with Gasteiger partial charge in [-0.15, -0.1) is 0 Å². The molecule has 4 heteroatoms. The van der Waals surface area contributed by atoms with Crippen LogP contribution in [-0.4, -0.2) is 29.5 Å². The minimum atomic E-state index is -0.678. The van der Waals surface area contributed by atoms with Gasteiger partial charge >= 0.3 is 0 Å². The molecule has 0 bridgehead atoms. The Kier molecular flexibility index (Phi) is 5.20. The van der Waals surface area contributed by atoms with Gasteiger partial charge in [-0.3, -0.25) is 0 Å². The van der Waals surface area contributed by atoms with Crippen LogP contribution in [0.15, 0.2) is 12.8 Å². The molecule has 9 heavy (non-hydrogen) atoms. The fraction of sp³-hybridized carbons (Fsp3) is 0.600. The van der Waals surface area contributed by atoms with Crippen molar-refractivity contribution in [3.8, 4) is 0 Å². The van der Waals surface area contributed by atoms with E-state index in [2.05, 4.69) is 16.4 Å². The Morgan fingerprint density at radius 3 is 2.33 bits per heavy atom. The van der Waals surface area contributed by atoms with Gasteiger partial charge in [0, 0.05) is 0 Å². The third-order valence-electron chi connectivity index (χ3n) is 0.667. The van der Waals surface area contributed by atoms with E-state index in [0.29, 0.717) is 0 Å². The fourth-order valence-electron chi connectivity index (χ4n) is 0.236. The molecule has 0 rings (SSSR count). The highest BCUT2D eigenvalue weighted by molar-refractivity contribution is 4.49. The Bertz CT molecular complexity index is 69.4. The summed E-state index contributed by atoms with van der Waals surface area (Å²) in [7, 11) is 0. The first kappa shape index (κ1) is 8.42. The summed E-state index contributed by atoms with van der Waals surface area (Å²) in [5, 5.41) is 16.7. The standard InChI is InChI=1S/C5H10O4/c1-2-8-9-5(3-6)4-7/h2,5-7H,1,3-4H2. The average molecular weight is 134 g/mol. The van der Waals surface area contributed by atoms with Crippen LogP contribution in [-0.2, 0) is 9.78 Å². The molecule has 0 spiro atoms. The largest absolute Gasteiger partial charge is 0.393 e. The summed E-state index contributed by atoms with van der Waals surface area (Å²) in [6.07, 6.45) is 0.390. The van der Waals surface area contributed by atoms with Crippen molar-refractivity contribution >= 4 is 0 Å². The lowest BCUT2D eigenvalue weighted by Gasteiger charge is -2.07. The monoisotopic (exact) mass is 134 g/mol. The Morgan fingerprint density at radius 2 is 2.00 bits per heavy atom. The SMILES string of the molecule is C=COOC(CO)CO. The molecule has 0 amide bonds. The maximum atomic E-state index is 8.35. The van der Waals surface area contributed by atoms with Crippen LogP contribution in [0.1, 0.15) is 0 Å². The maximum Gasteiger partial charge on any atom is 0.150 e. The molecule has 0 unspecified atom stereocenters. The van der Waals surface area contributed by atoms with Gasteiger partial charge in [0.05, 0.1) is 13.2 Å². The van der Waals surface area contributed by atoms with Crippen molar-refractivity contribution in [3.63, 3.8) is 0 Å². The second-order valence-electron chi connectivity index (χ2n) is 1.35. The van der Waals surface area contributed by atoms with Gasteiger partial charge < -0.3 is 15.1 Å². The topological polar surface area (TPSA) is 58.9 Å². The van der Waals surface area contributed by atoms with Crippen molar-refractivity contribution in [2.24, 2.45) is 0 Å². The van der Waals surface area contributed by atoms with E-state index in [4.69, 9.17) is 10.2 Å². The molecule has 0 aliphatic carbocycles. The van der Waals surface area contributed by atoms with Crippen molar-refractivity contribution in [2.45, 2.75) is 6.10 Å². The molecular weight excluding hydrogens is 124 g/mol. The molecule has 2 N–H and O–H groups in total. The lowest BCUT2D eigenvalue weighted by Crippen LogP contribution is -2.20. The lowest BCUT2D eigenvalue weighted by atomic mass is 10.4. The van der Waals surface area contributed by atoms with E-state index in [0.717, 1.165) is 6.26 Å².